The van der Waals surface area contributed by atoms with E-state index in [1.165, 1.54) is 5.56 Å². The van der Waals surface area contributed by atoms with Crippen molar-refractivity contribution in [2.75, 3.05) is 13.2 Å². The number of aromatic nitrogens is 2. The van der Waals surface area contributed by atoms with Gasteiger partial charge in [-0.1, -0.05) is 13.8 Å². The van der Waals surface area contributed by atoms with Crippen molar-refractivity contribution in [3.8, 4) is 0 Å². The molecule has 0 aliphatic carbocycles. The van der Waals surface area contributed by atoms with E-state index in [4.69, 9.17) is 4.74 Å². The smallest absolute Gasteiger partial charge is 0.0638 e. The Balaban J connectivity index is 2.48. The molecule has 0 bridgehead atoms. The summed E-state index contributed by atoms with van der Waals surface area (Å²) in [4.78, 5) is 0. The van der Waals surface area contributed by atoms with Gasteiger partial charge < -0.3 is 10.1 Å². The summed E-state index contributed by atoms with van der Waals surface area (Å²) < 4.78 is 7.36. The standard InChI is InChI=1S/C13H25N3O/c1-6-17-9-13(10(2)3)14-7-12-8-16(5)15-11(12)4/h8,10,13-14H,6-7,9H2,1-5H3. The highest BCUT2D eigenvalue weighted by Gasteiger charge is 2.13. The monoisotopic (exact) mass is 239 g/mol. The summed E-state index contributed by atoms with van der Waals surface area (Å²) in [7, 11) is 1.95. The summed E-state index contributed by atoms with van der Waals surface area (Å²) in [5.74, 6) is 0.568. The Labute approximate surface area is 104 Å². The number of ether oxygens (including phenoxy) is 1. The van der Waals surface area contributed by atoms with E-state index in [-0.39, 0.29) is 0 Å². The lowest BCUT2D eigenvalue weighted by Gasteiger charge is -2.22. The van der Waals surface area contributed by atoms with E-state index >= 15 is 0 Å². The Kier molecular flexibility index (Phi) is 5.65. The van der Waals surface area contributed by atoms with Crippen molar-refractivity contribution >= 4 is 0 Å². The first kappa shape index (κ1) is 14.2. The van der Waals surface area contributed by atoms with E-state index in [1.807, 2.05) is 25.6 Å². The third-order valence-corrected chi connectivity index (χ3v) is 2.98. The highest BCUT2D eigenvalue weighted by atomic mass is 16.5. The molecule has 0 aliphatic heterocycles. The molecule has 1 unspecified atom stereocenters. The first-order valence-electron chi connectivity index (χ1n) is 6.34. The van der Waals surface area contributed by atoms with Crippen LogP contribution in [0.2, 0.25) is 0 Å². The Bertz CT molecular complexity index is 333. The Morgan fingerprint density at radius 1 is 1.47 bits per heavy atom. The van der Waals surface area contributed by atoms with E-state index < -0.39 is 0 Å². The maximum Gasteiger partial charge on any atom is 0.0638 e. The van der Waals surface area contributed by atoms with Gasteiger partial charge in [-0.2, -0.15) is 5.10 Å². The van der Waals surface area contributed by atoms with Gasteiger partial charge in [0.1, 0.15) is 0 Å². The second-order valence-corrected chi connectivity index (χ2v) is 4.80. The maximum atomic E-state index is 5.50. The largest absolute Gasteiger partial charge is 0.380 e. The van der Waals surface area contributed by atoms with Crippen LogP contribution in [0.1, 0.15) is 32.0 Å². The Hall–Kier alpha value is -0.870. The van der Waals surface area contributed by atoms with E-state index in [9.17, 15) is 0 Å². The number of nitrogens with one attached hydrogen (secondary N) is 1. The SMILES string of the molecule is CCOCC(NCc1cn(C)nc1C)C(C)C. The van der Waals surface area contributed by atoms with Crippen LogP contribution in [-0.4, -0.2) is 29.0 Å². The van der Waals surface area contributed by atoms with Crippen molar-refractivity contribution in [1.29, 1.82) is 0 Å². The first-order valence-corrected chi connectivity index (χ1v) is 6.34. The number of hydrogen-bond acceptors (Lipinski definition) is 3. The highest BCUT2D eigenvalue weighted by molar-refractivity contribution is 5.14. The summed E-state index contributed by atoms with van der Waals surface area (Å²) in [6, 6.07) is 0.398. The van der Waals surface area contributed by atoms with Crippen molar-refractivity contribution in [2.45, 2.75) is 40.3 Å². The normalized spacial score (nSPS) is 13.3. The van der Waals surface area contributed by atoms with Crippen LogP contribution in [0.3, 0.4) is 0 Å². The first-order chi connectivity index (χ1) is 8.04. The van der Waals surface area contributed by atoms with Crippen LogP contribution < -0.4 is 5.32 Å². The molecule has 1 atom stereocenters. The molecule has 0 saturated heterocycles. The molecular weight excluding hydrogens is 214 g/mol. The molecule has 1 heterocycles. The molecular formula is C13H25N3O. The second kappa shape index (κ2) is 6.77. The predicted molar refractivity (Wildman–Crippen MR) is 69.9 cm³/mol. The third kappa shape index (κ3) is 4.48. The van der Waals surface area contributed by atoms with Gasteiger partial charge >= 0.3 is 0 Å². The number of nitrogens with zero attached hydrogens (tertiary/aromatic N) is 2. The van der Waals surface area contributed by atoms with Gasteiger partial charge in [0, 0.05) is 38.0 Å². The highest BCUT2D eigenvalue weighted by Crippen LogP contribution is 2.07. The Morgan fingerprint density at radius 3 is 2.65 bits per heavy atom. The van der Waals surface area contributed by atoms with Gasteiger partial charge in [0.05, 0.1) is 12.3 Å². The van der Waals surface area contributed by atoms with E-state index in [2.05, 4.69) is 30.5 Å². The zero-order valence-corrected chi connectivity index (χ0v) is 11.7. The molecule has 0 aromatic carbocycles. The molecule has 4 heteroatoms. The molecule has 0 aliphatic rings. The van der Waals surface area contributed by atoms with E-state index in [0.29, 0.717) is 12.0 Å². The fraction of sp³-hybridized carbons (Fsp3) is 0.769. The summed E-state index contributed by atoms with van der Waals surface area (Å²) in [6.45, 7) is 10.9. The molecule has 4 nitrogen and oxygen atoms in total. The van der Waals surface area contributed by atoms with Gasteiger partial charge in [0.15, 0.2) is 0 Å². The molecule has 0 spiro atoms. The molecule has 0 fully saturated rings. The zero-order chi connectivity index (χ0) is 12.8. The minimum atomic E-state index is 0.398. The van der Waals surface area contributed by atoms with Crippen molar-refractivity contribution in [2.24, 2.45) is 13.0 Å². The maximum absolute atomic E-state index is 5.50. The van der Waals surface area contributed by atoms with Crippen molar-refractivity contribution < 1.29 is 4.74 Å². The molecule has 0 radical (unpaired) electrons. The molecule has 1 aromatic rings. The minimum absolute atomic E-state index is 0.398. The van der Waals surface area contributed by atoms with E-state index in [0.717, 1.165) is 25.5 Å². The summed E-state index contributed by atoms with van der Waals surface area (Å²) in [6.07, 6.45) is 2.07. The van der Waals surface area contributed by atoms with Crippen molar-refractivity contribution in [1.82, 2.24) is 15.1 Å². The van der Waals surface area contributed by atoms with Crippen LogP contribution in [0.5, 0.6) is 0 Å². The van der Waals surface area contributed by atoms with Gasteiger partial charge in [0.2, 0.25) is 0 Å². The summed E-state index contributed by atoms with van der Waals surface area (Å²) in [5, 5.41) is 7.89. The number of rotatable bonds is 7. The van der Waals surface area contributed by atoms with Crippen LogP contribution in [0.15, 0.2) is 6.20 Å². The number of hydrogen-bond donors (Lipinski definition) is 1. The molecule has 1 N–H and O–H groups in total. The van der Waals surface area contributed by atoms with Gasteiger partial charge in [-0.15, -0.1) is 0 Å². The number of aryl methyl sites for hydroxylation is 2. The second-order valence-electron chi connectivity index (χ2n) is 4.80. The molecule has 0 saturated carbocycles. The molecule has 0 amide bonds. The van der Waals surface area contributed by atoms with Crippen LogP contribution in [0, 0.1) is 12.8 Å². The topological polar surface area (TPSA) is 39.1 Å². The van der Waals surface area contributed by atoms with Crippen molar-refractivity contribution in [3.63, 3.8) is 0 Å². The fourth-order valence-corrected chi connectivity index (χ4v) is 1.80. The molecule has 17 heavy (non-hydrogen) atoms. The molecule has 1 rings (SSSR count). The van der Waals surface area contributed by atoms with Crippen molar-refractivity contribution in [3.05, 3.63) is 17.5 Å². The van der Waals surface area contributed by atoms with Gasteiger partial charge in [-0.05, 0) is 19.8 Å². The lowest BCUT2D eigenvalue weighted by molar-refractivity contribution is 0.108. The lowest BCUT2D eigenvalue weighted by atomic mass is 10.1. The summed E-state index contributed by atoms with van der Waals surface area (Å²) >= 11 is 0. The predicted octanol–water partition coefficient (Wildman–Crippen LogP) is 1.88. The van der Waals surface area contributed by atoms with E-state index in [1.54, 1.807) is 0 Å². The van der Waals surface area contributed by atoms with Gasteiger partial charge in [-0.25, -0.2) is 0 Å². The van der Waals surface area contributed by atoms with Crippen LogP contribution in [-0.2, 0) is 18.3 Å². The summed E-state index contributed by atoms with van der Waals surface area (Å²) in [5.41, 5.74) is 2.36. The minimum Gasteiger partial charge on any atom is -0.380 e. The quantitative estimate of drug-likeness (QED) is 0.789. The van der Waals surface area contributed by atoms with Crippen LogP contribution in [0.4, 0.5) is 0 Å². The van der Waals surface area contributed by atoms with Crippen LogP contribution in [0.25, 0.3) is 0 Å². The third-order valence-electron chi connectivity index (χ3n) is 2.98. The molecule has 98 valence electrons. The van der Waals surface area contributed by atoms with Crippen LogP contribution >= 0.6 is 0 Å². The average molecular weight is 239 g/mol. The van der Waals surface area contributed by atoms with Gasteiger partial charge in [-0.3, -0.25) is 4.68 Å². The molecule has 1 aromatic heterocycles. The lowest BCUT2D eigenvalue weighted by Crippen LogP contribution is -2.37. The van der Waals surface area contributed by atoms with Gasteiger partial charge in [0.25, 0.3) is 0 Å². The zero-order valence-electron chi connectivity index (χ0n) is 11.7. The Morgan fingerprint density at radius 2 is 2.18 bits per heavy atom. The fourth-order valence-electron chi connectivity index (χ4n) is 1.80. The average Bonchev–Trinajstić information content (AvgIpc) is 2.57.